The maximum atomic E-state index is 12.6. The zero-order chi connectivity index (χ0) is 19.1. The summed E-state index contributed by atoms with van der Waals surface area (Å²) in [6, 6.07) is 7.81. The van der Waals surface area contributed by atoms with Gasteiger partial charge in [-0.2, -0.15) is 0 Å². The van der Waals surface area contributed by atoms with Crippen LogP contribution in [0.4, 0.5) is 0 Å². The number of ether oxygens (including phenoxy) is 2. The van der Waals surface area contributed by atoms with E-state index in [0.29, 0.717) is 52.2 Å². The van der Waals surface area contributed by atoms with Gasteiger partial charge in [0.15, 0.2) is 0 Å². The van der Waals surface area contributed by atoms with Crippen LogP contribution in [0.3, 0.4) is 0 Å². The first-order chi connectivity index (χ1) is 13.2. The van der Waals surface area contributed by atoms with E-state index in [-0.39, 0.29) is 11.8 Å². The second kappa shape index (κ2) is 9.71. The van der Waals surface area contributed by atoms with Gasteiger partial charge >= 0.3 is 0 Å². The van der Waals surface area contributed by atoms with Crippen molar-refractivity contribution in [2.75, 3.05) is 53.0 Å². The molecule has 2 saturated heterocycles. The maximum Gasteiger partial charge on any atom is 0.253 e. The Bertz CT molecular complexity index is 629. The second-order valence-corrected chi connectivity index (χ2v) is 6.97. The van der Waals surface area contributed by atoms with Crippen molar-refractivity contribution in [2.24, 2.45) is 0 Å². The summed E-state index contributed by atoms with van der Waals surface area (Å²) in [5.41, 5.74) is 1.12. The van der Waals surface area contributed by atoms with E-state index in [1.165, 1.54) is 0 Å². The van der Waals surface area contributed by atoms with E-state index < -0.39 is 6.10 Å². The predicted octanol–water partition coefficient (Wildman–Crippen LogP) is 0.677. The molecule has 1 aromatic carbocycles. The number of carbonyl (C=O) groups is 2. The lowest BCUT2D eigenvalue weighted by atomic mass is 10.1. The van der Waals surface area contributed by atoms with Crippen LogP contribution >= 0.6 is 0 Å². The normalized spacial score (nSPS) is 20.9. The van der Waals surface area contributed by atoms with Crippen LogP contribution in [0.25, 0.3) is 0 Å². The van der Waals surface area contributed by atoms with Gasteiger partial charge in [0.05, 0.1) is 13.7 Å². The van der Waals surface area contributed by atoms with Crippen molar-refractivity contribution >= 4 is 11.8 Å². The highest BCUT2D eigenvalue weighted by Gasteiger charge is 2.29. The highest BCUT2D eigenvalue weighted by Crippen LogP contribution is 2.14. The Morgan fingerprint density at radius 3 is 2.59 bits per heavy atom. The molecule has 2 amide bonds. The Hall–Kier alpha value is -2.12. The Morgan fingerprint density at radius 1 is 1.15 bits per heavy atom. The monoisotopic (exact) mass is 375 g/mol. The average molecular weight is 375 g/mol. The fraction of sp³-hybridized carbons (Fsp3) is 0.600. The fourth-order valence-corrected chi connectivity index (χ4v) is 3.52. The highest BCUT2D eigenvalue weighted by molar-refractivity contribution is 5.81. The molecular weight excluding hydrogens is 346 g/mol. The van der Waals surface area contributed by atoms with Crippen molar-refractivity contribution in [1.82, 2.24) is 15.1 Å². The van der Waals surface area contributed by atoms with Crippen LogP contribution in [0.1, 0.15) is 18.4 Å². The van der Waals surface area contributed by atoms with E-state index >= 15 is 0 Å². The summed E-state index contributed by atoms with van der Waals surface area (Å²) in [6.45, 7) is 4.48. The molecule has 1 unspecified atom stereocenters. The summed E-state index contributed by atoms with van der Waals surface area (Å²) >= 11 is 0. The molecule has 7 nitrogen and oxygen atoms in total. The van der Waals surface area contributed by atoms with Gasteiger partial charge in [0, 0.05) is 45.7 Å². The lowest BCUT2D eigenvalue weighted by molar-refractivity contribution is -0.145. The molecule has 148 valence electrons. The van der Waals surface area contributed by atoms with Crippen molar-refractivity contribution in [3.05, 3.63) is 29.8 Å². The molecule has 1 aromatic rings. The molecule has 0 radical (unpaired) electrons. The molecule has 2 aliphatic rings. The Kier molecular flexibility index (Phi) is 7.06. The number of hydrogen-bond acceptors (Lipinski definition) is 5. The van der Waals surface area contributed by atoms with E-state index in [0.717, 1.165) is 24.3 Å². The maximum absolute atomic E-state index is 12.6. The van der Waals surface area contributed by atoms with Crippen molar-refractivity contribution in [1.29, 1.82) is 0 Å². The Labute approximate surface area is 160 Å². The molecular formula is C20H29N3O4. The van der Waals surface area contributed by atoms with Gasteiger partial charge in [-0.15, -0.1) is 0 Å². The van der Waals surface area contributed by atoms with Gasteiger partial charge in [-0.05, 0) is 30.5 Å². The fourth-order valence-electron chi connectivity index (χ4n) is 3.52. The van der Waals surface area contributed by atoms with Crippen LogP contribution in [0.15, 0.2) is 24.3 Å². The molecule has 1 N–H and O–H groups in total. The van der Waals surface area contributed by atoms with Gasteiger partial charge in [-0.1, -0.05) is 12.1 Å². The Balaban J connectivity index is 1.46. The molecule has 0 bridgehead atoms. The zero-order valence-electron chi connectivity index (χ0n) is 16.0. The number of rotatable bonds is 5. The number of morpholine rings is 1. The van der Waals surface area contributed by atoms with Gasteiger partial charge in [0.1, 0.15) is 11.9 Å². The Morgan fingerprint density at radius 2 is 1.89 bits per heavy atom. The lowest BCUT2D eigenvalue weighted by Gasteiger charge is -2.29. The van der Waals surface area contributed by atoms with Gasteiger partial charge in [0.25, 0.3) is 5.91 Å². The van der Waals surface area contributed by atoms with Crippen LogP contribution < -0.4 is 10.1 Å². The minimum atomic E-state index is -0.393. The van der Waals surface area contributed by atoms with E-state index in [4.69, 9.17) is 9.47 Å². The average Bonchev–Trinajstić information content (AvgIpc) is 2.99. The van der Waals surface area contributed by atoms with Gasteiger partial charge < -0.3 is 24.6 Å². The molecule has 0 aromatic heterocycles. The van der Waals surface area contributed by atoms with Crippen molar-refractivity contribution in [3.8, 4) is 5.75 Å². The minimum Gasteiger partial charge on any atom is -0.497 e. The van der Waals surface area contributed by atoms with E-state index in [2.05, 4.69) is 5.32 Å². The van der Waals surface area contributed by atoms with Crippen molar-refractivity contribution < 1.29 is 19.1 Å². The van der Waals surface area contributed by atoms with E-state index in [9.17, 15) is 9.59 Å². The highest BCUT2D eigenvalue weighted by atomic mass is 16.5. The molecule has 0 saturated carbocycles. The number of carbonyl (C=O) groups excluding carboxylic acids is 2. The third kappa shape index (κ3) is 5.43. The number of hydrogen-bond donors (Lipinski definition) is 1. The number of amides is 2. The quantitative estimate of drug-likeness (QED) is 0.819. The summed E-state index contributed by atoms with van der Waals surface area (Å²) in [5.74, 6) is 1.00. The molecule has 0 aliphatic carbocycles. The molecule has 27 heavy (non-hydrogen) atoms. The lowest BCUT2D eigenvalue weighted by Crippen LogP contribution is -2.50. The third-order valence-electron chi connectivity index (χ3n) is 5.15. The molecule has 1 atom stereocenters. The largest absolute Gasteiger partial charge is 0.497 e. The van der Waals surface area contributed by atoms with Crippen LogP contribution in [-0.4, -0.2) is 80.7 Å². The summed E-state index contributed by atoms with van der Waals surface area (Å²) in [7, 11) is 1.64. The SMILES string of the molecule is COc1ccc(CCC(=O)N2CCCN(C(=O)C3CNCCO3)CC2)cc1. The smallest absolute Gasteiger partial charge is 0.253 e. The summed E-state index contributed by atoms with van der Waals surface area (Å²) in [6.07, 6.45) is 1.61. The summed E-state index contributed by atoms with van der Waals surface area (Å²) < 4.78 is 10.7. The number of aryl methyl sites for hydroxylation is 1. The molecule has 3 rings (SSSR count). The minimum absolute atomic E-state index is 0.0368. The number of nitrogens with one attached hydrogen (secondary N) is 1. The second-order valence-electron chi connectivity index (χ2n) is 6.97. The molecule has 0 spiro atoms. The number of benzene rings is 1. The van der Waals surface area contributed by atoms with Crippen LogP contribution in [0.2, 0.25) is 0 Å². The zero-order valence-corrected chi connectivity index (χ0v) is 16.0. The standard InChI is InChI=1S/C20H29N3O4/c1-26-17-6-3-16(4-7-17)5-8-19(24)22-10-2-11-23(13-12-22)20(25)18-15-21-9-14-27-18/h3-4,6-7,18,21H,2,5,8-15H2,1H3. The van der Waals surface area contributed by atoms with Gasteiger partial charge in [0.2, 0.25) is 5.91 Å². The van der Waals surface area contributed by atoms with Crippen molar-refractivity contribution in [2.45, 2.75) is 25.4 Å². The van der Waals surface area contributed by atoms with E-state index in [1.54, 1.807) is 7.11 Å². The predicted molar refractivity (Wildman–Crippen MR) is 102 cm³/mol. The first-order valence-corrected chi connectivity index (χ1v) is 9.69. The molecule has 2 heterocycles. The topological polar surface area (TPSA) is 71.1 Å². The molecule has 7 heteroatoms. The molecule has 2 aliphatic heterocycles. The number of nitrogens with zero attached hydrogens (tertiary/aromatic N) is 2. The third-order valence-corrected chi connectivity index (χ3v) is 5.15. The summed E-state index contributed by atoms with van der Waals surface area (Å²) in [5, 5.41) is 3.19. The first-order valence-electron chi connectivity index (χ1n) is 9.69. The molecule has 2 fully saturated rings. The van der Waals surface area contributed by atoms with Crippen molar-refractivity contribution in [3.63, 3.8) is 0 Å². The van der Waals surface area contributed by atoms with Gasteiger partial charge in [-0.25, -0.2) is 0 Å². The van der Waals surface area contributed by atoms with Crippen LogP contribution in [0, 0.1) is 0 Å². The summed E-state index contributed by atoms with van der Waals surface area (Å²) in [4.78, 5) is 28.9. The van der Waals surface area contributed by atoms with Crippen LogP contribution in [-0.2, 0) is 20.7 Å². The van der Waals surface area contributed by atoms with Crippen LogP contribution in [0.5, 0.6) is 5.75 Å². The number of methoxy groups -OCH3 is 1. The van der Waals surface area contributed by atoms with E-state index in [1.807, 2.05) is 34.1 Å². The first kappa shape index (κ1) is 19.6. The van der Waals surface area contributed by atoms with Gasteiger partial charge in [-0.3, -0.25) is 9.59 Å².